The molecular weight excluding hydrogens is 1090 g/mol. The first-order chi connectivity index (χ1) is 38.7. The summed E-state index contributed by atoms with van der Waals surface area (Å²) in [6.07, 6.45) is 0. The monoisotopic (exact) mass is 1200 g/mol. The SMILES string of the molecule is C[N+]1(C)CCOCC1.C[N+]1(C)CCOCC1.C[N+]1(C)CCOCC1.C[N+]1(C)CCOCC1.C[N+]1(C)CCOCC1.C[N+]1(C)CCOCC1.C[N+]1(C)CCOCC1.C[N+]1(C)CCOCC1.N#CB([O-])[O-].N#CB([O-])[O-].N#CB([O-])[O-].N#CB([O-])[O-]. The largest absolute Gasteiger partial charge is 0.881 e. The van der Waals surface area contributed by atoms with E-state index in [1.807, 2.05) is 0 Å². The number of nitriles is 4. The lowest BCUT2D eigenvalue weighted by atomic mass is 9.97. The third-order valence-electron chi connectivity index (χ3n) is 13.9. The van der Waals surface area contributed by atoms with Crippen LogP contribution in [-0.4, -0.2) is 388 Å². The molecule has 0 bridgehead atoms. The second-order valence-corrected chi connectivity index (χ2v) is 25.8. The van der Waals surface area contributed by atoms with Crippen LogP contribution in [0.1, 0.15) is 0 Å². The van der Waals surface area contributed by atoms with Gasteiger partial charge in [0.15, 0.2) is 0 Å². The lowest BCUT2D eigenvalue weighted by Gasteiger charge is -2.33. The summed E-state index contributed by atoms with van der Waals surface area (Å²) < 4.78 is 50.5. The molecule has 28 nitrogen and oxygen atoms in total. The Kier molecular flexibility index (Phi) is 51.3. The van der Waals surface area contributed by atoms with Crippen molar-refractivity contribution in [2.75, 3.05) is 323 Å². The van der Waals surface area contributed by atoms with E-state index in [0.717, 1.165) is 165 Å². The van der Waals surface area contributed by atoms with Gasteiger partial charge in [0.2, 0.25) is 0 Å². The van der Waals surface area contributed by atoms with Crippen LogP contribution in [0.4, 0.5) is 0 Å². The standard InChI is InChI=1S/8C6H14NO.4CBNO2/c8*1-7(2)3-5-8-6-4-7;4*3-1-2(4)5/h8*3-6H2,1-2H3;;;;/q8*+1;4*-2. The molecule has 0 aromatic carbocycles. The molecule has 8 heterocycles. The van der Waals surface area contributed by atoms with E-state index in [-0.39, 0.29) is 0 Å². The minimum atomic E-state index is -2.31. The number of quaternary nitrogens is 8. The molecular formula is C52H112B4N12O16. The predicted molar refractivity (Wildman–Crippen MR) is 307 cm³/mol. The van der Waals surface area contributed by atoms with Crippen molar-refractivity contribution in [2.24, 2.45) is 0 Å². The van der Waals surface area contributed by atoms with E-state index >= 15 is 0 Å². The normalized spacial score (nSPS) is 22.5. The number of nitrogens with zero attached hydrogens (tertiary/aromatic N) is 12. The fourth-order valence-corrected chi connectivity index (χ4v) is 6.70. The molecule has 8 aliphatic heterocycles. The van der Waals surface area contributed by atoms with Crippen LogP contribution in [0.15, 0.2) is 0 Å². The summed E-state index contributed by atoms with van der Waals surface area (Å²) in [7, 11) is 26.6. The number of ether oxygens (including phenoxy) is 8. The molecule has 8 saturated heterocycles. The predicted octanol–water partition coefficient (Wildman–Crippen LogP) is -10.2. The van der Waals surface area contributed by atoms with Crippen LogP contribution in [0, 0.1) is 44.9 Å². The summed E-state index contributed by atoms with van der Waals surface area (Å²) in [6.45, 7) is 33.7. The van der Waals surface area contributed by atoms with Crippen molar-refractivity contribution >= 4 is 28.5 Å². The molecule has 0 aromatic rings. The van der Waals surface area contributed by atoms with Gasteiger partial charge in [0.05, 0.1) is 218 Å². The summed E-state index contributed by atoms with van der Waals surface area (Å²) in [5, 5.41) is 101. The fourth-order valence-electron chi connectivity index (χ4n) is 6.70. The van der Waals surface area contributed by atoms with Crippen LogP contribution in [0.25, 0.3) is 0 Å². The minimum Gasteiger partial charge on any atom is -0.881 e. The van der Waals surface area contributed by atoms with Crippen molar-refractivity contribution in [3.63, 3.8) is 0 Å². The summed E-state index contributed by atoms with van der Waals surface area (Å²) in [5.74, 6) is 3.67. The van der Waals surface area contributed by atoms with Crippen molar-refractivity contribution in [1.29, 1.82) is 21.0 Å². The van der Waals surface area contributed by atoms with Gasteiger partial charge in [-0.3, -0.25) is 0 Å². The zero-order valence-corrected chi connectivity index (χ0v) is 54.8. The highest BCUT2D eigenvalue weighted by Crippen LogP contribution is 2.06. The van der Waals surface area contributed by atoms with Crippen LogP contribution in [0.3, 0.4) is 0 Å². The summed E-state index contributed by atoms with van der Waals surface area (Å²) in [5.41, 5.74) is 0. The second kappa shape index (κ2) is 49.2. The minimum absolute atomic E-state index is 0.917. The number of hydrogen-bond donors (Lipinski definition) is 0. The van der Waals surface area contributed by atoms with Crippen LogP contribution in [0.5, 0.6) is 0 Å². The molecule has 32 heteroatoms. The van der Waals surface area contributed by atoms with E-state index in [1.165, 1.54) is 105 Å². The van der Waals surface area contributed by atoms with E-state index in [9.17, 15) is 0 Å². The van der Waals surface area contributed by atoms with Gasteiger partial charge in [0.25, 0.3) is 0 Å². The van der Waals surface area contributed by atoms with Gasteiger partial charge in [-0.05, 0) is 23.9 Å². The van der Waals surface area contributed by atoms with E-state index in [1.54, 1.807) is 0 Å². The molecule has 84 heavy (non-hydrogen) atoms. The summed E-state index contributed by atoms with van der Waals surface area (Å²) in [6, 6.07) is 0. The number of morpholine rings is 8. The Balaban J connectivity index is -0.000000418. The third kappa shape index (κ3) is 66.8. The smallest absolute Gasteiger partial charge is 0.102 e. The van der Waals surface area contributed by atoms with E-state index < -0.39 is 28.5 Å². The molecule has 0 aliphatic carbocycles. The Labute approximate surface area is 509 Å². The van der Waals surface area contributed by atoms with Crippen molar-refractivity contribution in [2.45, 2.75) is 0 Å². The van der Waals surface area contributed by atoms with Crippen molar-refractivity contribution in [1.82, 2.24) is 0 Å². The molecule has 0 unspecified atom stereocenters. The zero-order chi connectivity index (χ0) is 65.4. The van der Waals surface area contributed by atoms with Crippen LogP contribution >= 0.6 is 0 Å². The Morgan fingerprint density at radius 3 is 0.286 bits per heavy atom. The molecule has 0 amide bonds. The van der Waals surface area contributed by atoms with Crippen molar-refractivity contribution in [3.05, 3.63) is 0 Å². The fraction of sp³-hybridized carbons (Fsp3) is 0.923. The van der Waals surface area contributed by atoms with E-state index in [4.69, 9.17) is 99.1 Å². The van der Waals surface area contributed by atoms with Gasteiger partial charge in [-0.2, -0.15) is 0 Å². The quantitative estimate of drug-likeness (QED) is 0.161. The zero-order valence-electron chi connectivity index (χ0n) is 54.8. The van der Waals surface area contributed by atoms with Gasteiger partial charge in [-0.1, -0.05) is 0 Å². The topological polar surface area (TPSA) is 353 Å². The molecule has 0 saturated carbocycles. The molecule has 8 fully saturated rings. The highest BCUT2D eigenvalue weighted by atomic mass is 16.5. The van der Waals surface area contributed by atoms with Crippen molar-refractivity contribution in [3.8, 4) is 23.9 Å². The van der Waals surface area contributed by atoms with Gasteiger partial charge < -0.3 is 114 Å². The highest BCUT2D eigenvalue weighted by molar-refractivity contribution is 6.47. The van der Waals surface area contributed by atoms with E-state index in [0.29, 0.717) is 0 Å². The number of likely N-dealkylation sites (N-methyl/N-ethyl adjacent to an activating group) is 8. The highest BCUT2D eigenvalue weighted by Gasteiger charge is 2.23. The summed E-state index contributed by atoms with van der Waals surface area (Å²) >= 11 is 0. The molecule has 0 spiro atoms. The molecule has 8 rings (SSSR count). The molecule has 0 atom stereocenters. The Hall–Kier alpha value is -2.74. The Morgan fingerprint density at radius 1 is 0.202 bits per heavy atom. The maximum atomic E-state index is 8.98. The average Bonchev–Trinajstić information content (AvgIpc) is 3.43. The first-order valence-corrected chi connectivity index (χ1v) is 28.8. The van der Waals surface area contributed by atoms with Crippen LogP contribution in [0.2, 0.25) is 0 Å². The van der Waals surface area contributed by atoms with Gasteiger partial charge in [0.1, 0.15) is 105 Å². The number of hydrogen-bond acceptors (Lipinski definition) is 20. The van der Waals surface area contributed by atoms with Gasteiger partial charge >= 0.3 is 0 Å². The van der Waals surface area contributed by atoms with E-state index in [2.05, 4.69) is 113 Å². The molecule has 488 valence electrons. The molecule has 0 N–H and O–H groups in total. The molecule has 0 radical (unpaired) electrons. The molecule has 8 aliphatic rings. The summed E-state index contributed by atoms with van der Waals surface area (Å²) in [4.78, 5) is 0. The van der Waals surface area contributed by atoms with Crippen molar-refractivity contribution < 1.29 is 114 Å². The lowest BCUT2D eigenvalue weighted by Crippen LogP contribution is -2.48. The van der Waals surface area contributed by atoms with Gasteiger partial charge in [-0.25, -0.2) is 21.0 Å². The maximum absolute atomic E-state index is 8.98. The maximum Gasteiger partial charge on any atom is 0.102 e. The number of rotatable bonds is 0. The third-order valence-corrected chi connectivity index (χ3v) is 13.9. The van der Waals surface area contributed by atoms with Gasteiger partial charge in [-0.15, -0.1) is 0 Å². The lowest BCUT2D eigenvalue weighted by molar-refractivity contribution is -0.898. The molecule has 0 aromatic heterocycles. The first-order valence-electron chi connectivity index (χ1n) is 28.8. The first kappa shape index (κ1) is 87.7. The second-order valence-electron chi connectivity index (χ2n) is 25.8. The van der Waals surface area contributed by atoms with Gasteiger partial charge in [0, 0.05) is 28.5 Å². The Bertz CT molecular complexity index is 1370. The average molecular weight is 1200 g/mol. The van der Waals surface area contributed by atoms with Crippen LogP contribution < -0.4 is 40.2 Å². The van der Waals surface area contributed by atoms with Crippen LogP contribution in [-0.2, 0) is 37.9 Å². The Morgan fingerprint density at radius 2 is 0.262 bits per heavy atom.